The van der Waals surface area contributed by atoms with E-state index in [1.807, 2.05) is 18.2 Å². The molecule has 0 atom stereocenters. The molecule has 0 radical (unpaired) electrons. The zero-order valence-corrected chi connectivity index (χ0v) is 14.2. The Morgan fingerprint density at radius 3 is 2.75 bits per heavy atom. The van der Waals surface area contributed by atoms with Gasteiger partial charge in [0.15, 0.2) is 5.75 Å². The third-order valence-corrected chi connectivity index (χ3v) is 4.15. The Bertz CT molecular complexity index is 671. The molecule has 0 aliphatic rings. The van der Waals surface area contributed by atoms with E-state index < -0.39 is 11.4 Å². The Labute approximate surface area is 133 Å². The number of benzene rings is 1. The molecule has 1 aromatic carbocycles. The lowest BCUT2D eigenvalue weighted by Crippen LogP contribution is -2.30. The molecule has 4 nitrogen and oxygen atoms in total. The van der Waals surface area contributed by atoms with Gasteiger partial charge >= 0.3 is 5.97 Å². The molecule has 0 amide bonds. The molecule has 1 N–H and O–H groups in total. The van der Waals surface area contributed by atoms with Gasteiger partial charge in [-0.15, -0.1) is 0 Å². The van der Waals surface area contributed by atoms with Gasteiger partial charge in [-0.2, -0.15) is 0 Å². The summed E-state index contributed by atoms with van der Waals surface area (Å²) in [4.78, 5) is 15.4. The van der Waals surface area contributed by atoms with Crippen LogP contribution in [0.15, 0.2) is 33.3 Å². The van der Waals surface area contributed by atoms with Crippen molar-refractivity contribution in [3.63, 3.8) is 0 Å². The highest BCUT2D eigenvalue weighted by Crippen LogP contribution is 2.37. The first-order valence-corrected chi connectivity index (χ1v) is 7.50. The van der Waals surface area contributed by atoms with Crippen LogP contribution in [-0.4, -0.2) is 22.7 Å². The highest BCUT2D eigenvalue weighted by molar-refractivity contribution is 9.11. The highest BCUT2D eigenvalue weighted by atomic mass is 79.9. The number of aromatic nitrogens is 1. The predicted molar refractivity (Wildman–Crippen MR) is 84.1 cm³/mol. The van der Waals surface area contributed by atoms with Crippen molar-refractivity contribution in [3.05, 3.63) is 33.3 Å². The monoisotopic (exact) mass is 401 g/mol. The molecule has 2 aromatic rings. The van der Waals surface area contributed by atoms with Crippen LogP contribution < -0.4 is 4.74 Å². The van der Waals surface area contributed by atoms with E-state index in [9.17, 15) is 4.79 Å². The van der Waals surface area contributed by atoms with Gasteiger partial charge in [0.1, 0.15) is 12.1 Å². The van der Waals surface area contributed by atoms with Gasteiger partial charge in [0, 0.05) is 16.1 Å². The summed E-state index contributed by atoms with van der Waals surface area (Å²) in [5, 5.41) is 10.0. The minimum absolute atomic E-state index is 0.0637. The van der Waals surface area contributed by atoms with Crippen molar-refractivity contribution >= 4 is 48.7 Å². The van der Waals surface area contributed by atoms with Crippen molar-refractivity contribution < 1.29 is 14.6 Å². The van der Waals surface area contributed by atoms with E-state index in [-0.39, 0.29) is 6.61 Å². The maximum absolute atomic E-state index is 11.1. The van der Waals surface area contributed by atoms with E-state index in [2.05, 4.69) is 36.8 Å². The summed E-state index contributed by atoms with van der Waals surface area (Å²) in [5.41, 5.74) is -0.275. The van der Waals surface area contributed by atoms with E-state index in [0.29, 0.717) is 11.3 Å². The molecule has 0 unspecified atom stereocenters. The molecule has 6 heteroatoms. The van der Waals surface area contributed by atoms with Gasteiger partial charge in [-0.25, -0.2) is 0 Å². The Morgan fingerprint density at radius 2 is 2.10 bits per heavy atom. The van der Waals surface area contributed by atoms with Crippen molar-refractivity contribution in [2.75, 3.05) is 6.61 Å². The van der Waals surface area contributed by atoms with Crippen molar-refractivity contribution in [1.82, 2.24) is 4.98 Å². The topological polar surface area (TPSA) is 59.4 Å². The molecule has 2 rings (SSSR count). The highest BCUT2D eigenvalue weighted by Gasteiger charge is 2.29. The van der Waals surface area contributed by atoms with E-state index in [4.69, 9.17) is 9.84 Å². The first kappa shape index (κ1) is 15.3. The number of pyridine rings is 1. The fourth-order valence-corrected chi connectivity index (χ4v) is 2.99. The first-order valence-electron chi connectivity index (χ1n) is 5.92. The van der Waals surface area contributed by atoms with Gasteiger partial charge in [-0.3, -0.25) is 9.78 Å². The molecule has 0 fully saturated rings. The summed E-state index contributed by atoms with van der Waals surface area (Å²) in [6.45, 7) is 3.31. The lowest BCUT2D eigenvalue weighted by Gasteiger charge is -2.20. The molecule has 0 saturated heterocycles. The molecule has 20 heavy (non-hydrogen) atoms. The zero-order valence-electron chi connectivity index (χ0n) is 11.0. The van der Waals surface area contributed by atoms with E-state index >= 15 is 0 Å². The summed E-state index contributed by atoms with van der Waals surface area (Å²) in [5.74, 6) is -0.346. The van der Waals surface area contributed by atoms with Gasteiger partial charge in [0.25, 0.3) is 0 Å². The number of fused-ring (bicyclic) bond motifs is 1. The van der Waals surface area contributed by atoms with Crippen LogP contribution in [0.4, 0.5) is 0 Å². The van der Waals surface area contributed by atoms with Crippen molar-refractivity contribution in [2.24, 2.45) is 5.41 Å². The Balaban J connectivity index is 2.42. The Hall–Kier alpha value is -1.14. The SMILES string of the molecule is CC(C)(COc1c(Br)cc(Br)c2cccnc12)C(=O)O. The average molecular weight is 403 g/mol. The number of halogens is 2. The van der Waals surface area contributed by atoms with Crippen LogP contribution >= 0.6 is 31.9 Å². The van der Waals surface area contributed by atoms with E-state index in [1.165, 1.54) is 0 Å². The largest absolute Gasteiger partial charge is 0.489 e. The summed E-state index contributed by atoms with van der Waals surface area (Å²) in [7, 11) is 0. The second kappa shape index (κ2) is 5.69. The number of carboxylic acids is 1. The average Bonchev–Trinajstić information content (AvgIpc) is 2.38. The van der Waals surface area contributed by atoms with Crippen LogP contribution in [0.25, 0.3) is 10.9 Å². The van der Waals surface area contributed by atoms with Crippen molar-refractivity contribution in [2.45, 2.75) is 13.8 Å². The number of rotatable bonds is 4. The first-order chi connectivity index (χ1) is 9.33. The van der Waals surface area contributed by atoms with Gasteiger partial charge < -0.3 is 9.84 Å². The van der Waals surface area contributed by atoms with Crippen LogP contribution in [0.3, 0.4) is 0 Å². The van der Waals surface area contributed by atoms with Gasteiger partial charge in [0.2, 0.25) is 0 Å². The molecular weight excluding hydrogens is 390 g/mol. The standard InChI is InChI=1S/C14H13Br2NO3/c1-14(2,13(18)19)7-20-12-10(16)6-9(15)8-4-3-5-17-11(8)12/h3-6H,7H2,1-2H3,(H,18,19). The minimum atomic E-state index is -0.965. The number of carboxylic acid groups (broad SMARTS) is 1. The summed E-state index contributed by atoms with van der Waals surface area (Å²) >= 11 is 6.91. The number of hydrogen-bond acceptors (Lipinski definition) is 3. The second-order valence-electron chi connectivity index (χ2n) is 5.05. The zero-order chi connectivity index (χ0) is 14.9. The molecule has 106 valence electrons. The fraction of sp³-hybridized carbons (Fsp3) is 0.286. The van der Waals surface area contributed by atoms with Gasteiger partial charge in [-0.05, 0) is 41.9 Å². The number of hydrogen-bond donors (Lipinski definition) is 1. The second-order valence-corrected chi connectivity index (χ2v) is 6.76. The van der Waals surface area contributed by atoms with Crippen LogP contribution in [0.5, 0.6) is 5.75 Å². The lowest BCUT2D eigenvalue weighted by atomic mass is 9.95. The maximum Gasteiger partial charge on any atom is 0.312 e. The maximum atomic E-state index is 11.1. The van der Waals surface area contributed by atoms with E-state index in [0.717, 1.165) is 14.3 Å². The third kappa shape index (κ3) is 2.96. The molecule has 0 spiro atoms. The smallest absolute Gasteiger partial charge is 0.312 e. The Kier molecular flexibility index (Phi) is 4.34. The summed E-state index contributed by atoms with van der Waals surface area (Å²) in [6.07, 6.45) is 1.68. The number of carbonyl (C=O) groups is 1. The van der Waals surface area contributed by atoms with Gasteiger partial charge in [-0.1, -0.05) is 22.0 Å². The number of ether oxygens (including phenoxy) is 1. The molecule has 1 aromatic heterocycles. The van der Waals surface area contributed by atoms with Crippen LogP contribution in [-0.2, 0) is 4.79 Å². The molecular formula is C14H13Br2NO3. The molecule has 0 aliphatic carbocycles. The molecule has 1 heterocycles. The molecule has 0 saturated carbocycles. The fourth-order valence-electron chi connectivity index (χ4n) is 1.60. The lowest BCUT2D eigenvalue weighted by molar-refractivity contribution is -0.148. The quantitative estimate of drug-likeness (QED) is 0.830. The van der Waals surface area contributed by atoms with Crippen LogP contribution in [0, 0.1) is 5.41 Å². The summed E-state index contributed by atoms with van der Waals surface area (Å²) in [6, 6.07) is 5.63. The summed E-state index contributed by atoms with van der Waals surface area (Å²) < 4.78 is 7.35. The third-order valence-electron chi connectivity index (χ3n) is 2.91. The normalized spacial score (nSPS) is 11.6. The van der Waals surface area contributed by atoms with Crippen LogP contribution in [0.1, 0.15) is 13.8 Å². The number of aliphatic carboxylic acids is 1. The van der Waals surface area contributed by atoms with Crippen molar-refractivity contribution in [1.29, 1.82) is 0 Å². The van der Waals surface area contributed by atoms with Crippen molar-refractivity contribution in [3.8, 4) is 5.75 Å². The van der Waals surface area contributed by atoms with Crippen LogP contribution in [0.2, 0.25) is 0 Å². The molecule has 0 bridgehead atoms. The van der Waals surface area contributed by atoms with Gasteiger partial charge in [0.05, 0.1) is 9.89 Å². The minimum Gasteiger partial charge on any atom is -0.489 e. The van der Waals surface area contributed by atoms with E-state index in [1.54, 1.807) is 20.0 Å². The predicted octanol–water partition coefficient (Wildman–Crippen LogP) is 4.25. The number of nitrogens with zero attached hydrogens (tertiary/aromatic N) is 1. The molecule has 0 aliphatic heterocycles. The Morgan fingerprint density at radius 1 is 1.40 bits per heavy atom.